The maximum Gasteiger partial charge on any atom is 0.0541 e. The molecule has 1 heterocycles. The first-order valence-electron chi connectivity index (χ1n) is 14.7. The molecular formula is C42H29N. The van der Waals surface area contributed by atoms with Gasteiger partial charge in [-0.2, -0.15) is 0 Å². The maximum absolute atomic E-state index is 3.90. The zero-order chi connectivity index (χ0) is 28.8. The molecule has 8 rings (SSSR count). The van der Waals surface area contributed by atoms with Gasteiger partial charge >= 0.3 is 0 Å². The molecule has 0 spiro atoms. The summed E-state index contributed by atoms with van der Waals surface area (Å²) in [6.45, 7) is 3.90. The molecule has 0 fully saturated rings. The van der Waals surface area contributed by atoms with Crippen molar-refractivity contribution in [1.82, 2.24) is 4.57 Å². The molecule has 0 N–H and O–H groups in total. The number of fused-ring (bicyclic) bond motifs is 9. The average Bonchev–Trinajstić information content (AvgIpc) is 3.41. The van der Waals surface area contributed by atoms with Crippen molar-refractivity contribution < 1.29 is 0 Å². The van der Waals surface area contributed by atoms with Crippen molar-refractivity contribution in [3.8, 4) is 11.1 Å². The summed E-state index contributed by atoms with van der Waals surface area (Å²) >= 11 is 0. The Morgan fingerprint density at radius 1 is 0.442 bits per heavy atom. The van der Waals surface area contributed by atoms with Gasteiger partial charge in [0.05, 0.1) is 16.7 Å². The van der Waals surface area contributed by atoms with Crippen molar-refractivity contribution in [1.29, 1.82) is 0 Å². The van der Waals surface area contributed by atoms with E-state index in [1.165, 1.54) is 65.3 Å². The van der Waals surface area contributed by atoms with Crippen LogP contribution in [0.1, 0.15) is 5.56 Å². The van der Waals surface area contributed by atoms with Crippen LogP contribution in [0.4, 0.5) is 0 Å². The fraction of sp³-hybridized carbons (Fsp3) is 0. The molecule has 0 atom stereocenters. The van der Waals surface area contributed by atoms with E-state index in [-0.39, 0.29) is 0 Å². The van der Waals surface area contributed by atoms with Crippen LogP contribution in [0.5, 0.6) is 0 Å². The predicted octanol–water partition coefficient (Wildman–Crippen LogP) is 11.6. The number of hydrogen-bond acceptors (Lipinski definition) is 0. The summed E-state index contributed by atoms with van der Waals surface area (Å²) in [5.41, 5.74) is 7.15. The van der Waals surface area contributed by atoms with E-state index in [1.54, 1.807) is 0 Å². The Kier molecular flexibility index (Phi) is 6.02. The van der Waals surface area contributed by atoms with Crippen molar-refractivity contribution in [2.45, 2.75) is 0 Å². The summed E-state index contributed by atoms with van der Waals surface area (Å²) < 4.78 is 2.40. The Bertz CT molecular complexity index is 2330. The zero-order valence-electron chi connectivity index (χ0n) is 23.7. The molecule has 0 bridgehead atoms. The molecule has 7 aromatic carbocycles. The minimum Gasteiger partial charge on any atom is -0.309 e. The lowest BCUT2D eigenvalue weighted by Gasteiger charge is -2.16. The van der Waals surface area contributed by atoms with E-state index < -0.39 is 0 Å². The first-order valence-corrected chi connectivity index (χ1v) is 14.7. The number of nitrogens with zero attached hydrogens (tertiary/aromatic N) is 1. The van der Waals surface area contributed by atoms with Crippen LogP contribution in [0.3, 0.4) is 0 Å². The third-order valence-electron chi connectivity index (χ3n) is 8.56. The third-order valence-corrected chi connectivity index (χ3v) is 8.56. The van der Waals surface area contributed by atoms with Crippen LogP contribution in [-0.2, 0) is 0 Å². The Balaban J connectivity index is 1.42. The molecule has 202 valence electrons. The molecular weight excluding hydrogens is 518 g/mol. The van der Waals surface area contributed by atoms with Gasteiger partial charge in [0.2, 0.25) is 0 Å². The first kappa shape index (κ1) is 25.1. The zero-order valence-corrected chi connectivity index (χ0v) is 23.7. The van der Waals surface area contributed by atoms with Gasteiger partial charge in [0.1, 0.15) is 0 Å². The molecule has 0 aliphatic heterocycles. The molecule has 0 aliphatic rings. The van der Waals surface area contributed by atoms with E-state index in [4.69, 9.17) is 0 Å². The summed E-state index contributed by atoms with van der Waals surface area (Å²) in [7, 11) is 0. The summed E-state index contributed by atoms with van der Waals surface area (Å²) in [6, 6.07) is 50.7. The van der Waals surface area contributed by atoms with E-state index >= 15 is 0 Å². The van der Waals surface area contributed by atoms with Gasteiger partial charge in [0.15, 0.2) is 0 Å². The van der Waals surface area contributed by atoms with Crippen LogP contribution >= 0.6 is 0 Å². The fourth-order valence-electron chi connectivity index (χ4n) is 6.63. The molecule has 0 saturated heterocycles. The second-order valence-corrected chi connectivity index (χ2v) is 11.0. The quantitative estimate of drug-likeness (QED) is 0.149. The molecule has 1 heteroatoms. The van der Waals surface area contributed by atoms with Crippen LogP contribution in [0.2, 0.25) is 0 Å². The Labute approximate surface area is 250 Å². The highest BCUT2D eigenvalue weighted by atomic mass is 15.0. The molecule has 0 amide bonds. The number of hydrogen-bond donors (Lipinski definition) is 0. The highest BCUT2D eigenvalue weighted by molar-refractivity contribution is 6.26. The smallest absolute Gasteiger partial charge is 0.0541 e. The van der Waals surface area contributed by atoms with Gasteiger partial charge in [-0.3, -0.25) is 0 Å². The van der Waals surface area contributed by atoms with Gasteiger partial charge in [-0.15, -0.1) is 0 Å². The topological polar surface area (TPSA) is 4.93 Å². The van der Waals surface area contributed by atoms with Gasteiger partial charge in [-0.25, -0.2) is 0 Å². The van der Waals surface area contributed by atoms with Gasteiger partial charge in [0, 0.05) is 10.8 Å². The van der Waals surface area contributed by atoms with Crippen molar-refractivity contribution in [2.24, 2.45) is 0 Å². The minimum atomic E-state index is 1.13. The monoisotopic (exact) mass is 547 g/mol. The van der Waals surface area contributed by atoms with Crippen LogP contribution < -0.4 is 0 Å². The van der Waals surface area contributed by atoms with Crippen molar-refractivity contribution in [2.75, 3.05) is 0 Å². The maximum atomic E-state index is 3.90. The lowest BCUT2D eigenvalue weighted by molar-refractivity contribution is 1.22. The van der Waals surface area contributed by atoms with Crippen molar-refractivity contribution in [3.63, 3.8) is 0 Å². The molecule has 0 unspecified atom stereocenters. The van der Waals surface area contributed by atoms with Crippen LogP contribution in [0, 0.1) is 0 Å². The van der Waals surface area contributed by atoms with Gasteiger partial charge in [0.25, 0.3) is 0 Å². The molecule has 0 aliphatic carbocycles. The number of benzene rings is 7. The van der Waals surface area contributed by atoms with E-state index in [1.807, 2.05) is 12.2 Å². The standard InChI is InChI=1S/C42H29N/c1-2-3-5-20-40(43-41-21-12-10-18-36(41)37-19-11-13-22-42(37)43)31-24-26-35-34-25-23-30(29-14-6-4-7-15-29)27-38(34)32-16-8-9-17-33(32)39(35)28-31/h2-28H,1H2/b5-3-,40-20-. The van der Waals surface area contributed by atoms with E-state index in [2.05, 4.69) is 163 Å². The van der Waals surface area contributed by atoms with E-state index in [0.717, 1.165) is 11.3 Å². The Hall–Kier alpha value is -5.66. The molecule has 1 aromatic heterocycles. The Morgan fingerprint density at radius 3 is 1.63 bits per heavy atom. The average molecular weight is 548 g/mol. The molecule has 0 saturated carbocycles. The lowest BCUT2D eigenvalue weighted by atomic mass is 9.91. The fourth-order valence-corrected chi connectivity index (χ4v) is 6.63. The second-order valence-electron chi connectivity index (χ2n) is 11.0. The van der Waals surface area contributed by atoms with E-state index in [9.17, 15) is 0 Å². The van der Waals surface area contributed by atoms with Crippen molar-refractivity contribution in [3.05, 3.63) is 176 Å². The molecule has 8 aromatic rings. The summed E-state index contributed by atoms with van der Waals surface area (Å²) in [5, 5.41) is 10.1. The van der Waals surface area contributed by atoms with E-state index in [0.29, 0.717) is 0 Å². The van der Waals surface area contributed by atoms with Crippen LogP contribution in [0.25, 0.3) is 70.9 Å². The SMILES string of the molecule is C=C/C=C\C=C(\c1ccc2c3ccc(-c4ccccc4)cc3c3ccccc3c2c1)n1c2ccccc2c2ccccc21. The van der Waals surface area contributed by atoms with Gasteiger partial charge in [-0.05, 0) is 79.3 Å². The summed E-state index contributed by atoms with van der Waals surface area (Å²) in [5.74, 6) is 0. The van der Waals surface area contributed by atoms with Crippen LogP contribution in [0.15, 0.2) is 170 Å². The number of para-hydroxylation sites is 2. The summed E-state index contributed by atoms with van der Waals surface area (Å²) in [4.78, 5) is 0. The summed E-state index contributed by atoms with van der Waals surface area (Å²) in [6.07, 6.45) is 8.10. The third kappa shape index (κ3) is 4.09. The van der Waals surface area contributed by atoms with Crippen LogP contribution in [-0.4, -0.2) is 4.57 Å². The second kappa shape index (κ2) is 10.3. The number of allylic oxidation sites excluding steroid dienone is 4. The molecule has 1 nitrogen and oxygen atoms in total. The minimum absolute atomic E-state index is 1.13. The predicted molar refractivity (Wildman–Crippen MR) is 187 cm³/mol. The molecule has 0 radical (unpaired) electrons. The number of rotatable bonds is 5. The Morgan fingerprint density at radius 2 is 0.977 bits per heavy atom. The highest BCUT2D eigenvalue weighted by Crippen LogP contribution is 2.40. The lowest BCUT2D eigenvalue weighted by Crippen LogP contribution is -1.99. The van der Waals surface area contributed by atoms with Gasteiger partial charge < -0.3 is 4.57 Å². The van der Waals surface area contributed by atoms with Gasteiger partial charge in [-0.1, -0.05) is 140 Å². The largest absolute Gasteiger partial charge is 0.309 e. The highest BCUT2D eigenvalue weighted by Gasteiger charge is 2.16. The normalized spacial score (nSPS) is 12.3. The first-order chi connectivity index (χ1) is 21.3. The number of aromatic nitrogens is 1. The molecule has 43 heavy (non-hydrogen) atoms. The van der Waals surface area contributed by atoms with Crippen molar-refractivity contribution >= 4 is 59.8 Å².